The number of phenolic OH excluding ortho intramolecular Hbond substituents is 1. The molecule has 1 aromatic carbocycles. The number of aliphatic hydroxyl groups excluding tert-OH is 2. The third-order valence-electron chi connectivity index (χ3n) is 9.36. The van der Waals surface area contributed by atoms with Crippen LogP contribution in [0.5, 0.6) is 5.75 Å². The molecule has 0 saturated carbocycles. The SMILES string of the molecule is CC(=O)C1=C(O)C(C(C)C)[C@@]2(C)[C@H](C)[C@]3(C)C(=C(O)[C@@]2(O)C1=O)C(=O)c1c(O)cccc1[C@H]3C. The Morgan fingerprint density at radius 1 is 1.06 bits per heavy atom. The highest BCUT2D eigenvalue weighted by atomic mass is 16.3. The zero-order valence-electron chi connectivity index (χ0n) is 20.6. The van der Waals surface area contributed by atoms with E-state index in [0.717, 1.165) is 6.92 Å². The summed E-state index contributed by atoms with van der Waals surface area (Å²) < 4.78 is 0. The molecule has 1 aromatic rings. The monoisotopic (exact) mass is 468 g/mol. The van der Waals surface area contributed by atoms with E-state index in [0.29, 0.717) is 5.56 Å². The number of rotatable bonds is 2. The number of hydrogen-bond donors (Lipinski definition) is 4. The fraction of sp³-hybridized carbons (Fsp3) is 0.519. The van der Waals surface area contributed by atoms with Gasteiger partial charge in [-0.25, -0.2) is 0 Å². The largest absolute Gasteiger partial charge is 0.511 e. The van der Waals surface area contributed by atoms with Crippen molar-refractivity contribution in [3.63, 3.8) is 0 Å². The van der Waals surface area contributed by atoms with Crippen LogP contribution >= 0.6 is 0 Å². The Kier molecular flexibility index (Phi) is 5.01. The molecular weight excluding hydrogens is 436 g/mol. The first-order valence-corrected chi connectivity index (χ1v) is 11.6. The highest BCUT2D eigenvalue weighted by molar-refractivity contribution is 6.25. The predicted octanol–water partition coefficient (Wildman–Crippen LogP) is 4.15. The number of benzene rings is 1. The minimum absolute atomic E-state index is 0.0299. The molecule has 0 heterocycles. The summed E-state index contributed by atoms with van der Waals surface area (Å²) in [5.74, 6) is -6.10. The molecule has 6 atom stereocenters. The molecule has 0 fully saturated rings. The van der Waals surface area contributed by atoms with Gasteiger partial charge in [-0.05, 0) is 36.3 Å². The van der Waals surface area contributed by atoms with Crippen LogP contribution in [-0.4, -0.2) is 43.4 Å². The van der Waals surface area contributed by atoms with Crippen LogP contribution in [0.1, 0.15) is 70.3 Å². The van der Waals surface area contributed by atoms with Crippen LogP contribution in [0.3, 0.4) is 0 Å². The summed E-state index contributed by atoms with van der Waals surface area (Å²) in [5, 5.41) is 45.5. The maximum atomic E-state index is 13.8. The lowest BCUT2D eigenvalue weighted by Gasteiger charge is -2.64. The lowest BCUT2D eigenvalue weighted by molar-refractivity contribution is -0.189. The molecule has 0 amide bonds. The van der Waals surface area contributed by atoms with Crippen LogP contribution < -0.4 is 0 Å². The van der Waals surface area contributed by atoms with E-state index in [2.05, 4.69) is 0 Å². The van der Waals surface area contributed by atoms with Gasteiger partial charge >= 0.3 is 0 Å². The topological polar surface area (TPSA) is 132 Å². The van der Waals surface area contributed by atoms with E-state index < -0.39 is 56.9 Å². The Balaban J connectivity index is 2.18. The molecule has 3 aliphatic carbocycles. The number of carbonyl (C=O) groups is 3. The van der Waals surface area contributed by atoms with Crippen molar-refractivity contribution in [2.24, 2.45) is 28.6 Å². The van der Waals surface area contributed by atoms with Crippen molar-refractivity contribution >= 4 is 17.3 Å². The van der Waals surface area contributed by atoms with Gasteiger partial charge in [0, 0.05) is 22.3 Å². The number of Topliss-reactive ketones (excluding diaryl/α,β-unsaturated/α-hetero) is 3. The molecule has 3 aliphatic rings. The van der Waals surface area contributed by atoms with E-state index in [1.54, 1.807) is 19.1 Å². The third-order valence-corrected chi connectivity index (χ3v) is 9.36. The van der Waals surface area contributed by atoms with E-state index in [9.17, 15) is 34.8 Å². The Morgan fingerprint density at radius 3 is 2.18 bits per heavy atom. The quantitative estimate of drug-likeness (QED) is 0.479. The molecule has 0 spiro atoms. The second kappa shape index (κ2) is 7.04. The number of carbonyl (C=O) groups excluding carboxylic acids is 3. The number of fused-ring (bicyclic) bond motifs is 3. The molecule has 0 radical (unpaired) electrons. The first-order chi connectivity index (χ1) is 15.6. The number of allylic oxidation sites excluding steroid dienone is 2. The molecule has 0 aliphatic heterocycles. The van der Waals surface area contributed by atoms with Gasteiger partial charge in [0.25, 0.3) is 0 Å². The highest BCUT2D eigenvalue weighted by Crippen LogP contribution is 2.70. The smallest absolute Gasteiger partial charge is 0.209 e. The number of hydrogen-bond acceptors (Lipinski definition) is 7. The molecule has 34 heavy (non-hydrogen) atoms. The van der Waals surface area contributed by atoms with Gasteiger partial charge < -0.3 is 20.4 Å². The number of aliphatic hydroxyl groups is 3. The Morgan fingerprint density at radius 2 is 1.65 bits per heavy atom. The normalized spacial score (nSPS) is 37.5. The van der Waals surface area contributed by atoms with Crippen LogP contribution in [0, 0.1) is 28.6 Å². The summed E-state index contributed by atoms with van der Waals surface area (Å²) in [6.07, 6.45) is 0. The maximum Gasteiger partial charge on any atom is 0.209 e. The van der Waals surface area contributed by atoms with Crippen LogP contribution in [-0.2, 0) is 9.59 Å². The van der Waals surface area contributed by atoms with E-state index in [1.165, 1.54) is 6.07 Å². The lowest BCUT2D eigenvalue weighted by atomic mass is 9.39. The van der Waals surface area contributed by atoms with Crippen molar-refractivity contribution in [3.05, 3.63) is 52.0 Å². The van der Waals surface area contributed by atoms with Crippen molar-refractivity contribution in [2.75, 3.05) is 0 Å². The molecule has 7 heteroatoms. The van der Waals surface area contributed by atoms with Crippen molar-refractivity contribution < 1.29 is 34.8 Å². The Bertz CT molecular complexity index is 1220. The molecule has 1 unspecified atom stereocenters. The van der Waals surface area contributed by atoms with Gasteiger partial charge in [0.05, 0.1) is 5.56 Å². The van der Waals surface area contributed by atoms with E-state index >= 15 is 0 Å². The molecule has 182 valence electrons. The zero-order valence-corrected chi connectivity index (χ0v) is 20.6. The average Bonchev–Trinajstić information content (AvgIpc) is 2.73. The van der Waals surface area contributed by atoms with Crippen LogP contribution in [0.4, 0.5) is 0 Å². The molecule has 4 N–H and O–H groups in total. The molecule has 4 rings (SSSR count). The number of ketones is 3. The number of aromatic hydroxyl groups is 1. The fourth-order valence-electron chi connectivity index (χ4n) is 7.33. The van der Waals surface area contributed by atoms with Gasteiger partial charge in [-0.15, -0.1) is 0 Å². The minimum atomic E-state index is -2.61. The minimum Gasteiger partial charge on any atom is -0.511 e. The maximum absolute atomic E-state index is 13.8. The van der Waals surface area contributed by atoms with E-state index in [4.69, 9.17) is 0 Å². The summed E-state index contributed by atoms with van der Waals surface area (Å²) in [7, 11) is 0. The van der Waals surface area contributed by atoms with Crippen LogP contribution in [0.25, 0.3) is 0 Å². The molecule has 0 aromatic heterocycles. The standard InChI is InChI=1S/C27H32O7/c1-11(2)19-21(30)17(13(4)28)23(32)27(34)24(33)20-22(31)18-15(9-8-10-16(18)29)12(3)25(20,6)14(5)26(19,27)7/h8-12,14,19,29-30,33-34H,1-7H3/t12-,14-,19?,25-,26-,27+/m1/s1. The van der Waals surface area contributed by atoms with Crippen molar-refractivity contribution in [2.45, 2.75) is 60.0 Å². The van der Waals surface area contributed by atoms with Gasteiger partial charge in [-0.3, -0.25) is 14.4 Å². The van der Waals surface area contributed by atoms with Crippen molar-refractivity contribution in [3.8, 4) is 5.75 Å². The van der Waals surface area contributed by atoms with Gasteiger partial charge in [0.2, 0.25) is 5.78 Å². The van der Waals surface area contributed by atoms with Gasteiger partial charge in [-0.1, -0.05) is 53.7 Å². The van der Waals surface area contributed by atoms with Crippen LogP contribution in [0.2, 0.25) is 0 Å². The first kappa shape index (κ1) is 24.2. The molecule has 0 bridgehead atoms. The third kappa shape index (κ3) is 2.38. The molecule has 7 nitrogen and oxygen atoms in total. The fourth-order valence-corrected chi connectivity index (χ4v) is 7.33. The summed E-state index contributed by atoms with van der Waals surface area (Å²) in [5.41, 5.74) is -5.17. The highest BCUT2D eigenvalue weighted by Gasteiger charge is 2.74. The molecular formula is C27H32O7. The second-order valence-electron chi connectivity index (χ2n) is 10.9. The van der Waals surface area contributed by atoms with E-state index in [-0.39, 0.29) is 34.5 Å². The zero-order chi connectivity index (χ0) is 25.7. The Hall–Kier alpha value is -2.93. The summed E-state index contributed by atoms with van der Waals surface area (Å²) >= 11 is 0. The second-order valence-corrected chi connectivity index (χ2v) is 10.9. The first-order valence-electron chi connectivity index (χ1n) is 11.6. The van der Waals surface area contributed by atoms with E-state index in [1.807, 2.05) is 34.6 Å². The molecule has 0 saturated heterocycles. The Labute approximate surface area is 198 Å². The van der Waals surface area contributed by atoms with Crippen LogP contribution in [0.15, 0.2) is 40.9 Å². The van der Waals surface area contributed by atoms with Gasteiger partial charge in [-0.2, -0.15) is 0 Å². The van der Waals surface area contributed by atoms with Gasteiger partial charge in [0.1, 0.15) is 22.8 Å². The summed E-state index contributed by atoms with van der Waals surface area (Å²) in [6, 6.07) is 4.78. The predicted molar refractivity (Wildman–Crippen MR) is 125 cm³/mol. The lowest BCUT2D eigenvalue weighted by Crippen LogP contribution is -2.71. The summed E-state index contributed by atoms with van der Waals surface area (Å²) in [6.45, 7) is 11.9. The van der Waals surface area contributed by atoms with Crippen molar-refractivity contribution in [1.82, 2.24) is 0 Å². The average molecular weight is 469 g/mol. The van der Waals surface area contributed by atoms with Crippen molar-refractivity contribution in [1.29, 1.82) is 0 Å². The van der Waals surface area contributed by atoms with Gasteiger partial charge in [0.15, 0.2) is 17.2 Å². The number of phenols is 1. The summed E-state index contributed by atoms with van der Waals surface area (Å²) in [4.78, 5) is 39.9.